The largest absolute Gasteiger partial charge is 0.550 e. The van der Waals surface area contributed by atoms with Crippen molar-refractivity contribution < 1.29 is 63.5 Å². The Hall–Kier alpha value is -4.20. The molecule has 2 atom stereocenters. The van der Waals surface area contributed by atoms with Gasteiger partial charge in [-0.15, -0.1) is 0 Å². The number of aliphatic hydroxyl groups is 1. The highest BCUT2D eigenvalue weighted by Crippen LogP contribution is 2.39. The monoisotopic (exact) mass is 591 g/mol. The molecule has 1 aliphatic rings. The summed E-state index contributed by atoms with van der Waals surface area (Å²) in [4.78, 5) is 45.1. The second-order valence-corrected chi connectivity index (χ2v) is 9.32. The molecule has 230 valence electrons. The van der Waals surface area contributed by atoms with Crippen molar-refractivity contribution in [3.8, 4) is 11.5 Å². The standard InChI is InChI=1S/C23H29NO5.C6H8O7/c1-3-24(4-2)14-15-26-16-17-27-23(25)22-21(18-10-6-5-7-11-18)28-19-12-8-9-13-20(19)29-22;7-2-6(4(10)11,5(12)13)1-3(8)9/h5-13,21-22H,3-4,14-17H2,1-2H3;7H,1-2H2,(H,8,9)(H,10,11)(H,12,13). The lowest BCUT2D eigenvalue weighted by Crippen LogP contribution is -3.11. The number of nitrogens with one attached hydrogen (secondary N) is 1. The average Bonchev–Trinajstić information content (AvgIpc) is 2.99. The predicted molar refractivity (Wildman–Crippen MR) is 144 cm³/mol. The smallest absolute Gasteiger partial charge is 0.351 e. The van der Waals surface area contributed by atoms with E-state index in [0.29, 0.717) is 24.7 Å². The Morgan fingerprint density at radius 3 is 1.95 bits per heavy atom. The van der Waals surface area contributed by atoms with E-state index < -0.39 is 54.5 Å². The minimum Gasteiger partial charge on any atom is -0.550 e. The molecule has 13 heteroatoms. The summed E-state index contributed by atoms with van der Waals surface area (Å²) >= 11 is 0. The Bertz CT molecular complexity index is 1150. The van der Waals surface area contributed by atoms with E-state index in [1.807, 2.05) is 48.5 Å². The van der Waals surface area contributed by atoms with Gasteiger partial charge in [0, 0.05) is 12.4 Å². The van der Waals surface area contributed by atoms with Crippen LogP contribution in [0.4, 0.5) is 0 Å². The lowest BCUT2D eigenvalue weighted by atomic mass is 9.85. The van der Waals surface area contributed by atoms with Gasteiger partial charge in [0.15, 0.2) is 23.0 Å². The van der Waals surface area contributed by atoms with Gasteiger partial charge in [-0.2, -0.15) is 0 Å². The van der Waals surface area contributed by atoms with Crippen molar-refractivity contribution in [2.45, 2.75) is 32.5 Å². The molecule has 2 aromatic carbocycles. The number of carbonyl (C=O) groups excluding carboxylic acids is 2. The Morgan fingerprint density at radius 2 is 1.45 bits per heavy atom. The molecule has 0 saturated heterocycles. The number of aliphatic hydroxyl groups excluding tert-OH is 1. The number of carboxylic acids is 3. The highest BCUT2D eigenvalue weighted by Gasteiger charge is 2.46. The summed E-state index contributed by atoms with van der Waals surface area (Å²) in [5.74, 6) is -4.96. The summed E-state index contributed by atoms with van der Waals surface area (Å²) in [5.41, 5.74) is -1.85. The van der Waals surface area contributed by atoms with Crippen LogP contribution in [-0.4, -0.2) is 91.4 Å². The molecule has 13 nitrogen and oxygen atoms in total. The van der Waals surface area contributed by atoms with Gasteiger partial charge in [0.25, 0.3) is 0 Å². The third kappa shape index (κ3) is 9.43. The first-order valence-electron chi connectivity index (χ1n) is 13.4. The number of hydrogen-bond donors (Lipinski definition) is 4. The van der Waals surface area contributed by atoms with Crippen molar-refractivity contribution in [2.75, 3.05) is 46.1 Å². The number of carboxylic acid groups (broad SMARTS) is 3. The van der Waals surface area contributed by atoms with E-state index in [2.05, 4.69) is 13.8 Å². The summed E-state index contributed by atoms with van der Waals surface area (Å²) in [7, 11) is 0. The molecular weight excluding hydrogens is 554 g/mol. The third-order valence-electron chi connectivity index (χ3n) is 6.60. The Morgan fingerprint density at radius 1 is 0.881 bits per heavy atom. The summed E-state index contributed by atoms with van der Waals surface area (Å²) in [6.45, 7) is 7.34. The average molecular weight is 592 g/mol. The molecule has 3 rings (SSSR count). The van der Waals surface area contributed by atoms with Gasteiger partial charge in [-0.1, -0.05) is 42.5 Å². The van der Waals surface area contributed by atoms with Gasteiger partial charge in [-0.3, -0.25) is 9.59 Å². The Kier molecular flexibility index (Phi) is 13.7. The van der Waals surface area contributed by atoms with Crippen molar-refractivity contribution in [1.82, 2.24) is 0 Å². The molecule has 2 aromatic rings. The lowest BCUT2D eigenvalue weighted by Gasteiger charge is -2.32. The number of para-hydroxylation sites is 2. The lowest BCUT2D eigenvalue weighted by molar-refractivity contribution is -0.896. The van der Waals surface area contributed by atoms with Crippen LogP contribution >= 0.6 is 0 Å². The van der Waals surface area contributed by atoms with Gasteiger partial charge in [0.1, 0.15) is 13.2 Å². The summed E-state index contributed by atoms with van der Waals surface area (Å²) in [6.07, 6.45) is -2.70. The zero-order valence-corrected chi connectivity index (χ0v) is 23.5. The molecule has 0 radical (unpaired) electrons. The van der Waals surface area contributed by atoms with E-state index in [1.54, 1.807) is 6.07 Å². The van der Waals surface area contributed by atoms with Crippen LogP contribution in [0.1, 0.15) is 31.9 Å². The van der Waals surface area contributed by atoms with Gasteiger partial charge in [-0.25, -0.2) is 4.79 Å². The van der Waals surface area contributed by atoms with Crippen molar-refractivity contribution in [2.24, 2.45) is 5.41 Å². The first-order valence-corrected chi connectivity index (χ1v) is 13.4. The second kappa shape index (κ2) is 16.9. The van der Waals surface area contributed by atoms with E-state index in [0.717, 1.165) is 25.2 Å². The number of fused-ring (bicyclic) bond motifs is 1. The maximum atomic E-state index is 12.7. The van der Waals surface area contributed by atoms with E-state index in [9.17, 15) is 24.3 Å². The van der Waals surface area contributed by atoms with Crippen LogP contribution in [0, 0.1) is 5.41 Å². The Labute approximate surface area is 243 Å². The molecule has 1 heterocycles. The van der Waals surface area contributed by atoms with E-state index >= 15 is 0 Å². The zero-order chi connectivity index (χ0) is 31.1. The van der Waals surface area contributed by atoms with Crippen molar-refractivity contribution in [3.63, 3.8) is 0 Å². The minimum atomic E-state index is -2.71. The third-order valence-corrected chi connectivity index (χ3v) is 6.60. The number of rotatable bonds is 15. The van der Waals surface area contributed by atoms with Gasteiger partial charge in [0.05, 0.1) is 32.9 Å². The van der Waals surface area contributed by atoms with Gasteiger partial charge < -0.3 is 49.1 Å². The Balaban J connectivity index is 0.000000401. The molecule has 0 amide bonds. The van der Waals surface area contributed by atoms with E-state index in [1.165, 1.54) is 4.90 Å². The first-order chi connectivity index (χ1) is 20.1. The molecule has 0 aromatic heterocycles. The molecule has 2 unspecified atom stereocenters. The molecule has 0 fully saturated rings. The van der Waals surface area contributed by atoms with Crippen LogP contribution in [0.25, 0.3) is 0 Å². The number of esters is 1. The van der Waals surface area contributed by atoms with Crippen LogP contribution in [0.3, 0.4) is 0 Å². The highest BCUT2D eigenvalue weighted by atomic mass is 16.6. The summed E-state index contributed by atoms with van der Waals surface area (Å²) in [5, 5.41) is 35.4. The minimum absolute atomic E-state index is 0.190. The van der Waals surface area contributed by atoms with Crippen LogP contribution in [0.5, 0.6) is 11.5 Å². The van der Waals surface area contributed by atoms with Crippen LogP contribution < -0.4 is 19.5 Å². The SMILES string of the molecule is CC[NH+](CC)CCOCCOC(=O)C1Oc2ccccc2OC1c1ccccc1.O=C([O-])CC(CO)(C(=O)O)C(=O)O. The maximum Gasteiger partial charge on any atom is 0.351 e. The molecule has 0 spiro atoms. The van der Waals surface area contributed by atoms with Crippen LogP contribution in [-0.2, 0) is 28.7 Å². The van der Waals surface area contributed by atoms with E-state index in [4.69, 9.17) is 34.3 Å². The molecule has 4 N–H and O–H groups in total. The number of likely N-dealkylation sites (N-methyl/N-ethyl adjacent to an activating group) is 1. The fraction of sp³-hybridized carbons (Fsp3) is 0.448. The van der Waals surface area contributed by atoms with Crippen LogP contribution in [0.15, 0.2) is 54.6 Å². The van der Waals surface area contributed by atoms with Gasteiger partial charge in [0.2, 0.25) is 6.10 Å². The highest BCUT2D eigenvalue weighted by molar-refractivity contribution is 6.01. The van der Waals surface area contributed by atoms with Gasteiger partial charge in [-0.05, 0) is 31.5 Å². The summed E-state index contributed by atoms with van der Waals surface area (Å²) in [6, 6.07) is 16.9. The molecule has 1 aliphatic heterocycles. The van der Waals surface area contributed by atoms with Crippen molar-refractivity contribution >= 4 is 23.9 Å². The topological polar surface area (TPSA) is 193 Å². The van der Waals surface area contributed by atoms with Gasteiger partial charge >= 0.3 is 17.9 Å². The molecule has 0 aliphatic carbocycles. The first kappa shape index (κ1) is 34.0. The quantitative estimate of drug-likeness (QED) is 0.116. The number of hydrogen-bond acceptors (Lipinski definition) is 10. The number of benzene rings is 2. The predicted octanol–water partition coefficient (Wildman–Crippen LogP) is -0.673. The van der Waals surface area contributed by atoms with Crippen molar-refractivity contribution in [3.05, 3.63) is 60.2 Å². The van der Waals surface area contributed by atoms with E-state index in [-0.39, 0.29) is 6.61 Å². The number of aliphatic carboxylic acids is 3. The maximum absolute atomic E-state index is 12.7. The zero-order valence-electron chi connectivity index (χ0n) is 23.5. The number of carbonyl (C=O) groups is 4. The molecule has 42 heavy (non-hydrogen) atoms. The number of quaternary nitrogens is 1. The van der Waals surface area contributed by atoms with Crippen LogP contribution in [0.2, 0.25) is 0 Å². The second-order valence-electron chi connectivity index (χ2n) is 9.32. The van der Waals surface area contributed by atoms with Crippen molar-refractivity contribution in [1.29, 1.82) is 0 Å². The molecule has 0 saturated carbocycles. The summed E-state index contributed by atoms with van der Waals surface area (Å²) < 4.78 is 23.1. The molecular formula is C29H37NO12. The number of ether oxygens (including phenoxy) is 4. The normalized spacial score (nSPS) is 15.7. The fourth-order valence-electron chi connectivity index (χ4n) is 3.99. The fourth-order valence-corrected chi connectivity index (χ4v) is 3.99. The molecule has 0 bridgehead atoms.